The first-order chi connectivity index (χ1) is 9.19. The van der Waals surface area contributed by atoms with Gasteiger partial charge in [0.25, 0.3) is 5.91 Å². The van der Waals surface area contributed by atoms with Crippen LogP contribution in [0.2, 0.25) is 0 Å². The van der Waals surface area contributed by atoms with Gasteiger partial charge in [-0.2, -0.15) is 0 Å². The van der Waals surface area contributed by atoms with Crippen molar-refractivity contribution < 1.29 is 4.79 Å². The van der Waals surface area contributed by atoms with Crippen LogP contribution in [-0.2, 0) is 0 Å². The molecule has 2 nitrogen and oxygen atoms in total. The van der Waals surface area contributed by atoms with Crippen LogP contribution in [0.3, 0.4) is 0 Å². The molecule has 0 aliphatic rings. The minimum atomic E-state index is 0.0966. The van der Waals surface area contributed by atoms with Crippen LogP contribution >= 0.6 is 23.4 Å². The molecular weight excluding hydrogens is 278 g/mol. The van der Waals surface area contributed by atoms with E-state index >= 15 is 0 Å². The Balaban J connectivity index is 3.04. The van der Waals surface area contributed by atoms with Crippen LogP contribution in [-0.4, -0.2) is 35.5 Å². The van der Waals surface area contributed by atoms with Crippen LogP contribution in [0.4, 0.5) is 0 Å². The van der Waals surface area contributed by atoms with E-state index in [1.165, 1.54) is 0 Å². The van der Waals surface area contributed by atoms with Crippen molar-refractivity contribution in [1.82, 2.24) is 4.90 Å². The quantitative estimate of drug-likeness (QED) is 0.553. The second kappa shape index (κ2) is 8.49. The fourth-order valence-corrected chi connectivity index (χ4v) is 3.02. The minimum absolute atomic E-state index is 0.0966. The SMILES string of the molecule is CCC(CC)N(CCCl)C(=O)c1ccccc1SC. The predicted molar refractivity (Wildman–Crippen MR) is 84.3 cm³/mol. The van der Waals surface area contributed by atoms with E-state index in [-0.39, 0.29) is 11.9 Å². The molecule has 0 fully saturated rings. The van der Waals surface area contributed by atoms with Gasteiger partial charge in [-0.3, -0.25) is 4.79 Å². The second-order valence-corrected chi connectivity index (χ2v) is 5.58. The lowest BCUT2D eigenvalue weighted by molar-refractivity contribution is 0.0678. The van der Waals surface area contributed by atoms with Crippen LogP contribution in [0.25, 0.3) is 0 Å². The highest BCUT2D eigenvalue weighted by molar-refractivity contribution is 7.98. The molecule has 4 heteroatoms. The van der Waals surface area contributed by atoms with E-state index < -0.39 is 0 Å². The van der Waals surface area contributed by atoms with Crippen LogP contribution in [0.15, 0.2) is 29.2 Å². The Morgan fingerprint density at radius 2 is 1.95 bits per heavy atom. The van der Waals surface area contributed by atoms with Crippen molar-refractivity contribution >= 4 is 29.3 Å². The smallest absolute Gasteiger partial charge is 0.255 e. The van der Waals surface area contributed by atoms with Gasteiger partial charge in [0.2, 0.25) is 0 Å². The maximum Gasteiger partial charge on any atom is 0.255 e. The molecule has 1 amide bonds. The maximum atomic E-state index is 12.7. The number of thioether (sulfide) groups is 1. The van der Waals surface area contributed by atoms with Gasteiger partial charge in [0.05, 0.1) is 5.56 Å². The molecular formula is C15H22ClNOS. The van der Waals surface area contributed by atoms with Gasteiger partial charge in [-0.15, -0.1) is 23.4 Å². The average Bonchev–Trinajstić information content (AvgIpc) is 2.46. The van der Waals surface area contributed by atoms with E-state index in [2.05, 4.69) is 13.8 Å². The monoisotopic (exact) mass is 299 g/mol. The van der Waals surface area contributed by atoms with Gasteiger partial charge < -0.3 is 4.90 Å². The standard InChI is InChI=1S/C15H22ClNOS/c1-4-12(5-2)17(11-10-16)15(18)13-8-6-7-9-14(13)19-3/h6-9,12H,4-5,10-11H2,1-3H3. The van der Waals surface area contributed by atoms with E-state index in [1.54, 1.807) is 11.8 Å². The lowest BCUT2D eigenvalue weighted by Crippen LogP contribution is -2.41. The zero-order valence-corrected chi connectivity index (χ0v) is 13.4. The third-order valence-electron chi connectivity index (χ3n) is 3.31. The first kappa shape index (κ1) is 16.4. The fraction of sp³-hybridized carbons (Fsp3) is 0.533. The number of rotatable bonds is 7. The van der Waals surface area contributed by atoms with Crippen molar-refractivity contribution in [1.29, 1.82) is 0 Å². The van der Waals surface area contributed by atoms with Crippen molar-refractivity contribution in [3.05, 3.63) is 29.8 Å². The Hall–Kier alpha value is -0.670. The Morgan fingerprint density at radius 3 is 2.47 bits per heavy atom. The lowest BCUT2D eigenvalue weighted by atomic mass is 10.1. The summed E-state index contributed by atoms with van der Waals surface area (Å²) in [6.45, 7) is 4.84. The maximum absolute atomic E-state index is 12.7. The van der Waals surface area contributed by atoms with Gasteiger partial charge in [0, 0.05) is 23.4 Å². The van der Waals surface area contributed by atoms with Gasteiger partial charge in [0.15, 0.2) is 0 Å². The zero-order valence-electron chi connectivity index (χ0n) is 11.9. The molecule has 0 N–H and O–H groups in total. The molecule has 0 heterocycles. The summed E-state index contributed by atoms with van der Waals surface area (Å²) >= 11 is 7.47. The number of hydrogen-bond acceptors (Lipinski definition) is 2. The first-order valence-electron chi connectivity index (χ1n) is 6.69. The summed E-state index contributed by atoms with van der Waals surface area (Å²) in [5.74, 6) is 0.572. The summed E-state index contributed by atoms with van der Waals surface area (Å²) in [5, 5.41) is 0. The molecule has 0 aliphatic carbocycles. The highest BCUT2D eigenvalue weighted by Crippen LogP contribution is 2.23. The number of nitrogens with zero attached hydrogens (tertiary/aromatic N) is 1. The highest BCUT2D eigenvalue weighted by Gasteiger charge is 2.23. The van der Waals surface area contributed by atoms with E-state index in [4.69, 9.17) is 11.6 Å². The third-order valence-corrected chi connectivity index (χ3v) is 4.27. The molecule has 1 aromatic rings. The van der Waals surface area contributed by atoms with E-state index in [0.717, 1.165) is 23.3 Å². The summed E-state index contributed by atoms with van der Waals surface area (Å²) in [5.41, 5.74) is 0.784. The zero-order chi connectivity index (χ0) is 14.3. The molecule has 1 aromatic carbocycles. The largest absolute Gasteiger partial charge is 0.334 e. The minimum Gasteiger partial charge on any atom is -0.334 e. The summed E-state index contributed by atoms with van der Waals surface area (Å²) < 4.78 is 0. The molecule has 0 unspecified atom stereocenters. The molecule has 0 atom stereocenters. The molecule has 19 heavy (non-hydrogen) atoms. The lowest BCUT2D eigenvalue weighted by Gasteiger charge is -2.30. The Bertz CT molecular complexity index is 407. The van der Waals surface area contributed by atoms with Crippen LogP contribution in [0.5, 0.6) is 0 Å². The van der Waals surface area contributed by atoms with Crippen molar-refractivity contribution in [2.45, 2.75) is 37.6 Å². The molecule has 0 saturated carbocycles. The van der Waals surface area contributed by atoms with Crippen molar-refractivity contribution in [2.24, 2.45) is 0 Å². The van der Waals surface area contributed by atoms with Gasteiger partial charge in [-0.1, -0.05) is 26.0 Å². The van der Waals surface area contributed by atoms with Crippen molar-refractivity contribution in [3.63, 3.8) is 0 Å². The Labute approximate surface area is 125 Å². The number of carbonyl (C=O) groups excluding carboxylic acids is 1. The van der Waals surface area contributed by atoms with Crippen LogP contribution < -0.4 is 0 Å². The second-order valence-electron chi connectivity index (χ2n) is 4.36. The molecule has 106 valence electrons. The van der Waals surface area contributed by atoms with Gasteiger partial charge in [-0.25, -0.2) is 0 Å². The number of amides is 1. The van der Waals surface area contributed by atoms with E-state index in [1.807, 2.05) is 35.4 Å². The van der Waals surface area contributed by atoms with Crippen molar-refractivity contribution in [3.8, 4) is 0 Å². The number of carbonyl (C=O) groups is 1. The number of halogens is 1. The first-order valence-corrected chi connectivity index (χ1v) is 8.45. The van der Waals surface area contributed by atoms with Gasteiger partial charge in [-0.05, 0) is 31.2 Å². The molecule has 1 rings (SSSR count). The number of alkyl halides is 1. The average molecular weight is 300 g/mol. The summed E-state index contributed by atoms with van der Waals surface area (Å²) in [7, 11) is 0. The van der Waals surface area contributed by atoms with Crippen LogP contribution in [0.1, 0.15) is 37.0 Å². The summed E-state index contributed by atoms with van der Waals surface area (Å²) in [4.78, 5) is 15.7. The summed E-state index contributed by atoms with van der Waals surface area (Å²) in [6.07, 6.45) is 3.91. The molecule has 0 bridgehead atoms. The number of benzene rings is 1. The molecule has 0 aromatic heterocycles. The molecule has 0 spiro atoms. The third kappa shape index (κ3) is 4.15. The van der Waals surface area contributed by atoms with Crippen LogP contribution in [0, 0.1) is 0 Å². The van der Waals surface area contributed by atoms with Gasteiger partial charge in [0.1, 0.15) is 0 Å². The molecule has 0 aliphatic heterocycles. The fourth-order valence-electron chi connectivity index (χ4n) is 2.25. The molecule has 0 radical (unpaired) electrons. The highest BCUT2D eigenvalue weighted by atomic mass is 35.5. The van der Waals surface area contributed by atoms with E-state index in [9.17, 15) is 4.79 Å². The normalized spacial score (nSPS) is 10.8. The predicted octanol–water partition coefficient (Wildman–Crippen LogP) is 4.28. The number of hydrogen-bond donors (Lipinski definition) is 0. The molecule has 0 saturated heterocycles. The Kier molecular flexibility index (Phi) is 7.32. The Morgan fingerprint density at radius 1 is 1.32 bits per heavy atom. The van der Waals surface area contributed by atoms with Crippen molar-refractivity contribution in [2.75, 3.05) is 18.7 Å². The summed E-state index contributed by atoms with van der Waals surface area (Å²) in [6, 6.07) is 8.03. The van der Waals surface area contributed by atoms with Gasteiger partial charge >= 0.3 is 0 Å². The topological polar surface area (TPSA) is 20.3 Å². The van der Waals surface area contributed by atoms with E-state index in [0.29, 0.717) is 12.4 Å².